The minimum absolute atomic E-state index is 0.703. The number of likely N-dealkylation sites (N-methyl/N-ethyl adjacent to an activating group) is 1. The van der Waals surface area contributed by atoms with Crippen molar-refractivity contribution in [3.05, 3.63) is 35.5 Å². The van der Waals surface area contributed by atoms with Gasteiger partial charge in [-0.25, -0.2) is 4.98 Å². The largest absolute Gasteiger partial charge is 0.352 e. The van der Waals surface area contributed by atoms with E-state index in [4.69, 9.17) is 11.6 Å². The summed E-state index contributed by atoms with van der Waals surface area (Å²) in [5.41, 5.74) is 1.12. The van der Waals surface area contributed by atoms with E-state index in [1.54, 1.807) is 0 Å². The predicted octanol–water partition coefficient (Wildman–Crippen LogP) is 3.25. The van der Waals surface area contributed by atoms with E-state index in [0.29, 0.717) is 5.02 Å². The SMILES string of the molecule is C=CCN(CC)c1ncc(CNCCC)cc1Cl. The molecule has 1 aromatic rings. The number of pyridine rings is 1. The zero-order valence-electron chi connectivity index (χ0n) is 11.2. The van der Waals surface area contributed by atoms with Crippen LogP contribution in [0.15, 0.2) is 24.9 Å². The molecule has 0 aliphatic heterocycles. The van der Waals surface area contributed by atoms with Crippen LogP contribution in [0.3, 0.4) is 0 Å². The molecule has 1 rings (SSSR count). The highest BCUT2D eigenvalue weighted by Crippen LogP contribution is 2.23. The molecule has 0 saturated heterocycles. The maximum atomic E-state index is 6.29. The minimum Gasteiger partial charge on any atom is -0.352 e. The lowest BCUT2D eigenvalue weighted by atomic mass is 10.2. The van der Waals surface area contributed by atoms with E-state index < -0.39 is 0 Å². The van der Waals surface area contributed by atoms with Gasteiger partial charge in [0, 0.05) is 25.8 Å². The maximum absolute atomic E-state index is 6.29. The van der Waals surface area contributed by atoms with E-state index in [1.807, 2.05) is 18.3 Å². The van der Waals surface area contributed by atoms with E-state index in [1.165, 1.54) is 0 Å². The lowest BCUT2D eigenvalue weighted by molar-refractivity contribution is 0.673. The summed E-state index contributed by atoms with van der Waals surface area (Å²) in [6.45, 7) is 11.4. The van der Waals surface area contributed by atoms with Gasteiger partial charge < -0.3 is 10.2 Å². The van der Waals surface area contributed by atoms with Gasteiger partial charge in [0.15, 0.2) is 0 Å². The van der Waals surface area contributed by atoms with Crippen molar-refractivity contribution in [2.45, 2.75) is 26.8 Å². The van der Waals surface area contributed by atoms with Gasteiger partial charge in [-0.2, -0.15) is 0 Å². The Morgan fingerprint density at radius 1 is 1.50 bits per heavy atom. The first-order valence-electron chi connectivity index (χ1n) is 6.43. The number of hydrogen-bond donors (Lipinski definition) is 1. The van der Waals surface area contributed by atoms with Crippen LogP contribution in [-0.2, 0) is 6.54 Å². The van der Waals surface area contributed by atoms with Gasteiger partial charge in [-0.3, -0.25) is 0 Å². The van der Waals surface area contributed by atoms with Gasteiger partial charge in [-0.15, -0.1) is 6.58 Å². The van der Waals surface area contributed by atoms with Crippen LogP contribution in [-0.4, -0.2) is 24.6 Å². The lowest BCUT2D eigenvalue weighted by Crippen LogP contribution is -2.24. The third-order valence-electron chi connectivity index (χ3n) is 2.67. The molecule has 0 unspecified atom stereocenters. The summed E-state index contributed by atoms with van der Waals surface area (Å²) >= 11 is 6.29. The Morgan fingerprint density at radius 3 is 2.83 bits per heavy atom. The normalized spacial score (nSPS) is 10.4. The van der Waals surface area contributed by atoms with Gasteiger partial charge in [-0.1, -0.05) is 24.6 Å². The van der Waals surface area contributed by atoms with Crippen molar-refractivity contribution < 1.29 is 0 Å². The molecule has 100 valence electrons. The van der Waals surface area contributed by atoms with Crippen LogP contribution in [0.25, 0.3) is 0 Å². The molecule has 0 saturated carbocycles. The number of rotatable bonds is 8. The zero-order valence-corrected chi connectivity index (χ0v) is 12.0. The van der Waals surface area contributed by atoms with E-state index in [9.17, 15) is 0 Å². The second kappa shape index (κ2) is 8.11. The standard InChI is InChI=1S/C14H22ClN3/c1-4-7-16-10-12-9-13(15)14(17-11-12)18(6-3)8-5-2/h5,9,11,16H,2,4,6-8,10H2,1,3H3. The molecule has 0 amide bonds. The molecular weight excluding hydrogens is 246 g/mol. The highest BCUT2D eigenvalue weighted by molar-refractivity contribution is 6.33. The first-order valence-corrected chi connectivity index (χ1v) is 6.81. The molecule has 0 spiro atoms. The Balaban J connectivity index is 2.74. The molecule has 1 N–H and O–H groups in total. The number of hydrogen-bond acceptors (Lipinski definition) is 3. The minimum atomic E-state index is 0.703. The number of aromatic nitrogens is 1. The van der Waals surface area contributed by atoms with Crippen molar-refractivity contribution in [2.75, 3.05) is 24.5 Å². The summed E-state index contributed by atoms with van der Waals surface area (Å²) < 4.78 is 0. The second-order valence-corrected chi connectivity index (χ2v) is 4.56. The third-order valence-corrected chi connectivity index (χ3v) is 2.94. The van der Waals surface area contributed by atoms with Crippen LogP contribution < -0.4 is 10.2 Å². The maximum Gasteiger partial charge on any atom is 0.147 e. The number of nitrogens with one attached hydrogen (secondary N) is 1. The summed E-state index contributed by atoms with van der Waals surface area (Å²) in [5, 5.41) is 4.04. The Bertz CT molecular complexity index is 379. The van der Waals surface area contributed by atoms with E-state index >= 15 is 0 Å². The summed E-state index contributed by atoms with van der Waals surface area (Å²) in [7, 11) is 0. The van der Waals surface area contributed by atoms with Gasteiger partial charge in [0.25, 0.3) is 0 Å². The molecule has 0 aliphatic carbocycles. The third kappa shape index (κ3) is 4.31. The van der Waals surface area contributed by atoms with Gasteiger partial charge in [-0.05, 0) is 31.5 Å². The molecule has 0 aromatic carbocycles. The first kappa shape index (κ1) is 15.0. The summed E-state index contributed by atoms with van der Waals surface area (Å²) in [6.07, 6.45) is 4.87. The molecule has 0 aliphatic rings. The molecule has 3 nitrogen and oxygen atoms in total. The van der Waals surface area contributed by atoms with Crippen LogP contribution in [0, 0.1) is 0 Å². The zero-order chi connectivity index (χ0) is 13.4. The van der Waals surface area contributed by atoms with Crippen molar-refractivity contribution in [2.24, 2.45) is 0 Å². The molecule has 0 radical (unpaired) electrons. The van der Waals surface area contributed by atoms with Crippen molar-refractivity contribution >= 4 is 17.4 Å². The van der Waals surface area contributed by atoms with Gasteiger partial charge in [0.1, 0.15) is 5.82 Å². The van der Waals surface area contributed by atoms with Crippen LogP contribution in [0.5, 0.6) is 0 Å². The monoisotopic (exact) mass is 267 g/mol. The molecule has 0 atom stereocenters. The Labute approximate surface area is 115 Å². The van der Waals surface area contributed by atoms with E-state index in [-0.39, 0.29) is 0 Å². The molecular formula is C14H22ClN3. The average molecular weight is 268 g/mol. The first-order chi connectivity index (χ1) is 8.72. The van der Waals surface area contributed by atoms with Gasteiger partial charge in [0.2, 0.25) is 0 Å². The number of anilines is 1. The molecule has 18 heavy (non-hydrogen) atoms. The fraction of sp³-hybridized carbons (Fsp3) is 0.500. The average Bonchev–Trinajstić information content (AvgIpc) is 2.37. The van der Waals surface area contributed by atoms with Gasteiger partial charge in [0.05, 0.1) is 5.02 Å². The van der Waals surface area contributed by atoms with E-state index in [2.05, 4.69) is 35.6 Å². The summed E-state index contributed by atoms with van der Waals surface area (Å²) in [6, 6.07) is 1.98. The summed E-state index contributed by atoms with van der Waals surface area (Å²) in [5.74, 6) is 0.832. The fourth-order valence-corrected chi connectivity index (χ4v) is 2.04. The highest BCUT2D eigenvalue weighted by Gasteiger charge is 2.09. The van der Waals surface area contributed by atoms with Crippen LogP contribution >= 0.6 is 11.6 Å². The number of halogens is 1. The molecule has 0 bridgehead atoms. The van der Waals surface area contributed by atoms with Crippen LogP contribution in [0.2, 0.25) is 5.02 Å². The molecule has 4 heteroatoms. The van der Waals surface area contributed by atoms with Crippen molar-refractivity contribution in [3.63, 3.8) is 0 Å². The number of nitrogens with zero attached hydrogens (tertiary/aromatic N) is 2. The van der Waals surface area contributed by atoms with Crippen molar-refractivity contribution in [3.8, 4) is 0 Å². The fourth-order valence-electron chi connectivity index (χ4n) is 1.73. The molecule has 0 fully saturated rings. The van der Waals surface area contributed by atoms with Gasteiger partial charge >= 0.3 is 0 Å². The Hall–Kier alpha value is -1.06. The summed E-state index contributed by atoms with van der Waals surface area (Å²) in [4.78, 5) is 6.55. The van der Waals surface area contributed by atoms with Crippen LogP contribution in [0.1, 0.15) is 25.8 Å². The predicted molar refractivity (Wildman–Crippen MR) is 79.3 cm³/mol. The Morgan fingerprint density at radius 2 is 2.28 bits per heavy atom. The molecule has 1 aromatic heterocycles. The lowest BCUT2D eigenvalue weighted by Gasteiger charge is -2.21. The smallest absolute Gasteiger partial charge is 0.147 e. The van der Waals surface area contributed by atoms with Crippen molar-refractivity contribution in [1.82, 2.24) is 10.3 Å². The Kier molecular flexibility index (Phi) is 6.76. The quantitative estimate of drug-likeness (QED) is 0.579. The second-order valence-electron chi connectivity index (χ2n) is 4.15. The van der Waals surface area contributed by atoms with Crippen LogP contribution in [0.4, 0.5) is 5.82 Å². The van der Waals surface area contributed by atoms with E-state index in [0.717, 1.165) is 44.0 Å². The molecule has 1 heterocycles. The van der Waals surface area contributed by atoms with Crippen molar-refractivity contribution in [1.29, 1.82) is 0 Å². The highest BCUT2D eigenvalue weighted by atomic mass is 35.5. The topological polar surface area (TPSA) is 28.2 Å².